The molecule has 3 nitrogen and oxygen atoms in total. The van der Waals surface area contributed by atoms with E-state index in [4.69, 9.17) is 5.73 Å². The molecule has 3 heteroatoms. The Morgan fingerprint density at radius 3 is 2.37 bits per heavy atom. The maximum atomic E-state index is 5.90. The van der Waals surface area contributed by atoms with Gasteiger partial charge in [0, 0.05) is 16.3 Å². The summed E-state index contributed by atoms with van der Waals surface area (Å²) < 4.78 is 0. The van der Waals surface area contributed by atoms with Crippen molar-refractivity contribution in [2.24, 2.45) is 0 Å². The summed E-state index contributed by atoms with van der Waals surface area (Å²) in [5.41, 5.74) is 10.4. The SMILES string of the molecule is Cc1cccc(-c2nnc(N)c3ccccc23)c1C. The Labute approximate surface area is 112 Å². The van der Waals surface area contributed by atoms with Gasteiger partial charge in [0.25, 0.3) is 0 Å². The van der Waals surface area contributed by atoms with E-state index < -0.39 is 0 Å². The van der Waals surface area contributed by atoms with E-state index in [2.05, 4.69) is 36.2 Å². The van der Waals surface area contributed by atoms with E-state index in [0.717, 1.165) is 22.0 Å². The first-order chi connectivity index (χ1) is 9.18. The Morgan fingerprint density at radius 1 is 0.842 bits per heavy atom. The first-order valence-electron chi connectivity index (χ1n) is 6.26. The Balaban J connectivity index is 2.38. The summed E-state index contributed by atoms with van der Waals surface area (Å²) in [5, 5.41) is 10.4. The molecule has 1 aromatic heterocycles. The number of nitrogen functional groups attached to an aromatic ring is 1. The average molecular weight is 249 g/mol. The van der Waals surface area contributed by atoms with Crippen LogP contribution in [0.3, 0.4) is 0 Å². The van der Waals surface area contributed by atoms with E-state index in [-0.39, 0.29) is 0 Å². The number of aryl methyl sites for hydroxylation is 1. The molecule has 0 aliphatic carbocycles. The van der Waals surface area contributed by atoms with Gasteiger partial charge in [-0.3, -0.25) is 0 Å². The maximum absolute atomic E-state index is 5.90. The molecule has 0 atom stereocenters. The van der Waals surface area contributed by atoms with Gasteiger partial charge in [-0.1, -0.05) is 42.5 Å². The lowest BCUT2D eigenvalue weighted by molar-refractivity contribution is 1.06. The monoisotopic (exact) mass is 249 g/mol. The van der Waals surface area contributed by atoms with E-state index >= 15 is 0 Å². The van der Waals surface area contributed by atoms with Gasteiger partial charge in [-0.25, -0.2) is 0 Å². The molecule has 0 spiro atoms. The maximum Gasteiger partial charge on any atom is 0.154 e. The minimum atomic E-state index is 0.477. The normalized spacial score (nSPS) is 10.8. The van der Waals surface area contributed by atoms with Gasteiger partial charge in [-0.2, -0.15) is 0 Å². The van der Waals surface area contributed by atoms with Crippen LogP contribution in [0.1, 0.15) is 11.1 Å². The third-order valence-corrected chi connectivity index (χ3v) is 3.58. The third-order valence-electron chi connectivity index (χ3n) is 3.58. The molecule has 3 rings (SSSR count). The predicted molar refractivity (Wildman–Crippen MR) is 78.9 cm³/mol. The fourth-order valence-electron chi connectivity index (χ4n) is 2.33. The molecule has 0 saturated carbocycles. The lowest BCUT2D eigenvalue weighted by Gasteiger charge is -2.10. The van der Waals surface area contributed by atoms with E-state index in [1.54, 1.807) is 0 Å². The van der Waals surface area contributed by atoms with Crippen LogP contribution in [-0.4, -0.2) is 10.2 Å². The fraction of sp³-hybridized carbons (Fsp3) is 0.125. The van der Waals surface area contributed by atoms with Gasteiger partial charge in [0.2, 0.25) is 0 Å². The summed E-state index contributed by atoms with van der Waals surface area (Å²) in [7, 11) is 0. The van der Waals surface area contributed by atoms with Crippen LogP contribution < -0.4 is 5.73 Å². The number of nitrogens with two attached hydrogens (primary N) is 1. The van der Waals surface area contributed by atoms with Crippen LogP contribution in [0.25, 0.3) is 22.0 Å². The lowest BCUT2D eigenvalue weighted by Crippen LogP contribution is -1.98. The van der Waals surface area contributed by atoms with Crippen LogP contribution >= 0.6 is 0 Å². The van der Waals surface area contributed by atoms with Crippen LogP contribution in [0.2, 0.25) is 0 Å². The zero-order valence-electron chi connectivity index (χ0n) is 11.0. The second-order valence-electron chi connectivity index (χ2n) is 4.73. The molecule has 1 heterocycles. The molecule has 94 valence electrons. The van der Waals surface area contributed by atoms with Gasteiger partial charge in [0.05, 0.1) is 0 Å². The van der Waals surface area contributed by atoms with Gasteiger partial charge in [-0.15, -0.1) is 10.2 Å². The number of rotatable bonds is 1. The van der Waals surface area contributed by atoms with Crippen molar-refractivity contribution < 1.29 is 0 Å². The average Bonchev–Trinajstić information content (AvgIpc) is 2.43. The Morgan fingerprint density at radius 2 is 1.58 bits per heavy atom. The van der Waals surface area contributed by atoms with Crippen molar-refractivity contribution in [3.8, 4) is 11.3 Å². The highest BCUT2D eigenvalue weighted by Crippen LogP contribution is 2.31. The lowest BCUT2D eigenvalue weighted by atomic mass is 9.98. The zero-order valence-corrected chi connectivity index (χ0v) is 11.0. The van der Waals surface area contributed by atoms with Crippen molar-refractivity contribution >= 4 is 16.6 Å². The zero-order chi connectivity index (χ0) is 13.4. The molecule has 0 saturated heterocycles. The van der Waals surface area contributed by atoms with Crippen LogP contribution in [0.5, 0.6) is 0 Å². The quantitative estimate of drug-likeness (QED) is 0.718. The highest BCUT2D eigenvalue weighted by molar-refractivity contribution is 5.99. The van der Waals surface area contributed by atoms with Crippen LogP contribution in [0.4, 0.5) is 5.82 Å². The number of hydrogen-bond donors (Lipinski definition) is 1. The summed E-state index contributed by atoms with van der Waals surface area (Å²) in [6, 6.07) is 14.2. The van der Waals surface area contributed by atoms with Crippen molar-refractivity contribution in [3.05, 3.63) is 53.6 Å². The first-order valence-corrected chi connectivity index (χ1v) is 6.26. The number of aromatic nitrogens is 2. The topological polar surface area (TPSA) is 51.8 Å². The Hall–Kier alpha value is -2.42. The van der Waals surface area contributed by atoms with Gasteiger partial charge in [-0.05, 0) is 25.0 Å². The minimum Gasteiger partial charge on any atom is -0.382 e. The highest BCUT2D eigenvalue weighted by atomic mass is 15.1. The number of benzene rings is 2. The van der Waals surface area contributed by atoms with Crippen molar-refractivity contribution in [2.45, 2.75) is 13.8 Å². The fourth-order valence-corrected chi connectivity index (χ4v) is 2.33. The molecule has 2 aromatic carbocycles. The summed E-state index contributed by atoms with van der Waals surface area (Å²) in [5.74, 6) is 0.477. The van der Waals surface area contributed by atoms with E-state index in [1.165, 1.54) is 11.1 Å². The smallest absolute Gasteiger partial charge is 0.154 e. The summed E-state index contributed by atoms with van der Waals surface area (Å²) in [6.45, 7) is 4.21. The summed E-state index contributed by atoms with van der Waals surface area (Å²) in [4.78, 5) is 0. The molecule has 0 unspecified atom stereocenters. The molecule has 0 bridgehead atoms. The molecule has 0 radical (unpaired) electrons. The van der Waals surface area contributed by atoms with Crippen molar-refractivity contribution in [2.75, 3.05) is 5.73 Å². The number of nitrogens with zero attached hydrogens (tertiary/aromatic N) is 2. The molecule has 19 heavy (non-hydrogen) atoms. The first kappa shape index (κ1) is 11.7. The molecule has 0 aliphatic heterocycles. The van der Waals surface area contributed by atoms with Gasteiger partial charge in [0.1, 0.15) is 5.69 Å². The Kier molecular flexibility index (Phi) is 2.67. The number of fused-ring (bicyclic) bond motifs is 1. The second kappa shape index (κ2) is 4.35. The molecule has 0 amide bonds. The van der Waals surface area contributed by atoms with Crippen molar-refractivity contribution in [1.82, 2.24) is 10.2 Å². The molecule has 0 aliphatic rings. The Bertz CT molecular complexity index is 763. The van der Waals surface area contributed by atoms with Gasteiger partial charge < -0.3 is 5.73 Å². The summed E-state index contributed by atoms with van der Waals surface area (Å²) >= 11 is 0. The summed E-state index contributed by atoms with van der Waals surface area (Å²) in [6.07, 6.45) is 0. The third kappa shape index (κ3) is 1.83. The minimum absolute atomic E-state index is 0.477. The van der Waals surface area contributed by atoms with Gasteiger partial charge >= 0.3 is 0 Å². The molecule has 0 fully saturated rings. The number of hydrogen-bond acceptors (Lipinski definition) is 3. The molecular weight excluding hydrogens is 234 g/mol. The van der Waals surface area contributed by atoms with Crippen LogP contribution in [0.15, 0.2) is 42.5 Å². The largest absolute Gasteiger partial charge is 0.382 e. The van der Waals surface area contributed by atoms with E-state index in [9.17, 15) is 0 Å². The highest BCUT2D eigenvalue weighted by Gasteiger charge is 2.11. The predicted octanol–water partition coefficient (Wildman–Crippen LogP) is 3.50. The molecular formula is C16H15N3. The van der Waals surface area contributed by atoms with E-state index in [0.29, 0.717) is 5.82 Å². The number of anilines is 1. The molecule has 3 aromatic rings. The molecule has 2 N–H and O–H groups in total. The second-order valence-corrected chi connectivity index (χ2v) is 4.73. The van der Waals surface area contributed by atoms with Crippen LogP contribution in [-0.2, 0) is 0 Å². The van der Waals surface area contributed by atoms with E-state index in [1.807, 2.05) is 30.3 Å². The van der Waals surface area contributed by atoms with Crippen molar-refractivity contribution in [1.29, 1.82) is 0 Å². The standard InChI is InChI=1S/C16H15N3/c1-10-6-5-9-12(11(10)2)15-13-7-3-4-8-14(13)16(17)19-18-15/h3-9H,1-2H3,(H2,17,19). The van der Waals surface area contributed by atoms with Gasteiger partial charge in [0.15, 0.2) is 5.82 Å². The van der Waals surface area contributed by atoms with Crippen molar-refractivity contribution in [3.63, 3.8) is 0 Å². The van der Waals surface area contributed by atoms with Crippen LogP contribution in [0, 0.1) is 13.8 Å².